The Morgan fingerprint density at radius 3 is 2.45 bits per heavy atom. The number of amides is 1. The Hall–Kier alpha value is -1.84. The maximum Gasteiger partial charge on any atom is 0.305 e. The van der Waals surface area contributed by atoms with Gasteiger partial charge in [-0.25, -0.2) is 0 Å². The lowest BCUT2D eigenvalue weighted by molar-refractivity contribution is -0.138. The van der Waals surface area contributed by atoms with Gasteiger partial charge in [0, 0.05) is 6.04 Å². The first kappa shape index (κ1) is 16.2. The second kappa shape index (κ2) is 6.55. The number of hydrogen-bond donors (Lipinski definition) is 2. The van der Waals surface area contributed by atoms with Crippen LogP contribution in [0.3, 0.4) is 0 Å². The summed E-state index contributed by atoms with van der Waals surface area (Å²) in [5.74, 6) is -1.04. The number of aliphatic carboxylic acids is 1. The molecule has 0 aliphatic rings. The van der Waals surface area contributed by atoms with Crippen LogP contribution in [-0.4, -0.2) is 23.0 Å². The highest BCUT2D eigenvalue weighted by atomic mass is 16.4. The van der Waals surface area contributed by atoms with E-state index < -0.39 is 5.97 Å². The van der Waals surface area contributed by atoms with E-state index in [1.807, 2.05) is 52.0 Å². The number of aryl methyl sites for hydroxylation is 1. The average Bonchev–Trinajstić information content (AvgIpc) is 2.26. The fourth-order valence-electron chi connectivity index (χ4n) is 2.00. The van der Waals surface area contributed by atoms with Gasteiger partial charge in [-0.15, -0.1) is 0 Å². The largest absolute Gasteiger partial charge is 0.481 e. The number of nitrogens with one attached hydrogen (secondary N) is 1. The molecule has 1 unspecified atom stereocenters. The van der Waals surface area contributed by atoms with E-state index in [0.717, 1.165) is 11.1 Å². The third-order valence-electron chi connectivity index (χ3n) is 3.21. The van der Waals surface area contributed by atoms with Gasteiger partial charge in [0.15, 0.2) is 0 Å². The zero-order chi connectivity index (χ0) is 15.3. The van der Waals surface area contributed by atoms with Gasteiger partial charge in [-0.2, -0.15) is 0 Å². The van der Waals surface area contributed by atoms with E-state index in [9.17, 15) is 9.59 Å². The molecule has 0 radical (unpaired) electrons. The summed E-state index contributed by atoms with van der Waals surface area (Å²) in [7, 11) is 0. The molecule has 110 valence electrons. The lowest BCUT2D eigenvalue weighted by Gasteiger charge is -2.30. The van der Waals surface area contributed by atoms with Crippen molar-refractivity contribution in [3.8, 4) is 0 Å². The van der Waals surface area contributed by atoms with Crippen molar-refractivity contribution in [1.82, 2.24) is 5.32 Å². The van der Waals surface area contributed by atoms with Crippen LogP contribution < -0.4 is 5.32 Å². The zero-order valence-corrected chi connectivity index (χ0v) is 12.6. The highest BCUT2D eigenvalue weighted by Gasteiger charge is 2.28. The quantitative estimate of drug-likeness (QED) is 0.869. The summed E-state index contributed by atoms with van der Waals surface area (Å²) in [6, 6.07) is 7.37. The van der Waals surface area contributed by atoms with Crippen molar-refractivity contribution in [3.63, 3.8) is 0 Å². The summed E-state index contributed by atoms with van der Waals surface area (Å²) < 4.78 is 0. The molecule has 0 fully saturated rings. The van der Waals surface area contributed by atoms with Crippen molar-refractivity contribution < 1.29 is 14.7 Å². The molecule has 1 atom stereocenters. The molecule has 0 spiro atoms. The Bertz CT molecular complexity index is 489. The van der Waals surface area contributed by atoms with Gasteiger partial charge in [0.1, 0.15) is 0 Å². The maximum absolute atomic E-state index is 12.1. The van der Waals surface area contributed by atoms with Crippen molar-refractivity contribution in [2.45, 2.75) is 46.6 Å². The SMILES string of the molecule is Cc1cccc(CC(=O)NC(CC(=O)O)C(C)(C)C)c1. The van der Waals surface area contributed by atoms with Crippen LogP contribution in [0.5, 0.6) is 0 Å². The maximum atomic E-state index is 12.1. The van der Waals surface area contributed by atoms with E-state index in [0.29, 0.717) is 0 Å². The van der Waals surface area contributed by atoms with Crippen molar-refractivity contribution in [1.29, 1.82) is 0 Å². The van der Waals surface area contributed by atoms with Gasteiger partial charge in [-0.3, -0.25) is 9.59 Å². The lowest BCUT2D eigenvalue weighted by atomic mass is 9.84. The smallest absolute Gasteiger partial charge is 0.305 e. The number of carboxylic acid groups (broad SMARTS) is 1. The van der Waals surface area contributed by atoms with E-state index in [4.69, 9.17) is 5.11 Å². The molecular weight excluding hydrogens is 254 g/mol. The van der Waals surface area contributed by atoms with Gasteiger partial charge in [-0.1, -0.05) is 50.6 Å². The van der Waals surface area contributed by atoms with Crippen molar-refractivity contribution in [3.05, 3.63) is 35.4 Å². The number of carboxylic acids is 1. The molecule has 0 aliphatic carbocycles. The first-order valence-electron chi connectivity index (χ1n) is 6.75. The molecule has 20 heavy (non-hydrogen) atoms. The molecule has 0 aliphatic heterocycles. The molecule has 0 saturated carbocycles. The topological polar surface area (TPSA) is 66.4 Å². The van der Waals surface area contributed by atoms with Gasteiger partial charge in [0.2, 0.25) is 5.91 Å². The molecular formula is C16H23NO3. The Morgan fingerprint density at radius 2 is 1.95 bits per heavy atom. The molecule has 1 aromatic carbocycles. The van der Waals surface area contributed by atoms with Crippen LogP contribution in [0.4, 0.5) is 0 Å². The first-order chi connectivity index (χ1) is 9.18. The average molecular weight is 277 g/mol. The summed E-state index contributed by atoms with van der Waals surface area (Å²) >= 11 is 0. The van der Waals surface area contributed by atoms with E-state index in [1.165, 1.54) is 0 Å². The van der Waals surface area contributed by atoms with E-state index in [1.54, 1.807) is 0 Å². The molecule has 0 aromatic heterocycles. The van der Waals surface area contributed by atoms with Crippen molar-refractivity contribution >= 4 is 11.9 Å². The molecule has 0 heterocycles. The minimum atomic E-state index is -0.902. The second-order valence-corrected chi connectivity index (χ2v) is 6.25. The molecule has 2 N–H and O–H groups in total. The number of carbonyl (C=O) groups excluding carboxylic acids is 1. The number of benzene rings is 1. The summed E-state index contributed by atoms with van der Waals surface area (Å²) in [4.78, 5) is 22.9. The summed E-state index contributed by atoms with van der Waals surface area (Å²) in [6.45, 7) is 7.75. The lowest BCUT2D eigenvalue weighted by Crippen LogP contribution is -2.45. The predicted molar refractivity (Wildman–Crippen MR) is 78.5 cm³/mol. The van der Waals surface area contributed by atoms with Gasteiger partial charge >= 0.3 is 5.97 Å². The Labute approximate surface area is 120 Å². The van der Waals surface area contributed by atoms with Crippen LogP contribution in [0.25, 0.3) is 0 Å². The second-order valence-electron chi connectivity index (χ2n) is 6.25. The third-order valence-corrected chi connectivity index (χ3v) is 3.21. The summed E-state index contributed by atoms with van der Waals surface area (Å²) in [5, 5.41) is 11.8. The predicted octanol–water partition coefficient (Wildman–Crippen LogP) is 2.54. The molecule has 4 heteroatoms. The van der Waals surface area contributed by atoms with Gasteiger partial charge in [-0.05, 0) is 17.9 Å². The Kier molecular flexibility index (Phi) is 5.31. The molecule has 0 bridgehead atoms. The standard InChI is InChI=1S/C16H23NO3/c1-11-6-5-7-12(8-11)9-14(18)17-13(10-15(19)20)16(2,3)4/h5-8,13H,9-10H2,1-4H3,(H,17,18)(H,19,20). The van der Waals surface area contributed by atoms with E-state index in [-0.39, 0.29) is 30.2 Å². The van der Waals surface area contributed by atoms with Crippen LogP contribution in [0.2, 0.25) is 0 Å². The number of carbonyl (C=O) groups is 2. The minimum absolute atomic E-state index is 0.0664. The molecule has 1 aromatic rings. The zero-order valence-electron chi connectivity index (χ0n) is 12.6. The number of rotatable bonds is 5. The fraction of sp³-hybridized carbons (Fsp3) is 0.500. The fourth-order valence-corrected chi connectivity index (χ4v) is 2.00. The van der Waals surface area contributed by atoms with Crippen molar-refractivity contribution in [2.24, 2.45) is 5.41 Å². The van der Waals surface area contributed by atoms with Crippen LogP contribution in [0, 0.1) is 12.3 Å². The monoisotopic (exact) mass is 277 g/mol. The molecule has 0 saturated heterocycles. The number of hydrogen-bond acceptors (Lipinski definition) is 2. The highest BCUT2D eigenvalue weighted by molar-refractivity contribution is 5.79. The summed E-state index contributed by atoms with van der Waals surface area (Å²) in [5.41, 5.74) is 1.75. The first-order valence-corrected chi connectivity index (χ1v) is 6.75. The van der Waals surface area contributed by atoms with Crippen LogP contribution in [0.1, 0.15) is 38.3 Å². The van der Waals surface area contributed by atoms with Gasteiger partial charge in [0.25, 0.3) is 0 Å². The third kappa shape index (κ3) is 5.43. The van der Waals surface area contributed by atoms with Crippen molar-refractivity contribution in [2.75, 3.05) is 0 Å². The van der Waals surface area contributed by atoms with Gasteiger partial charge < -0.3 is 10.4 Å². The van der Waals surface area contributed by atoms with Crippen LogP contribution in [0.15, 0.2) is 24.3 Å². The van der Waals surface area contributed by atoms with Gasteiger partial charge in [0.05, 0.1) is 12.8 Å². The Morgan fingerprint density at radius 1 is 1.30 bits per heavy atom. The molecule has 1 rings (SSSR count). The minimum Gasteiger partial charge on any atom is -0.481 e. The molecule has 1 amide bonds. The summed E-state index contributed by atoms with van der Waals surface area (Å²) in [6.07, 6.45) is 0.205. The van der Waals surface area contributed by atoms with Crippen LogP contribution >= 0.6 is 0 Å². The normalized spacial score (nSPS) is 12.8. The van der Waals surface area contributed by atoms with E-state index >= 15 is 0 Å². The van der Waals surface area contributed by atoms with Crippen LogP contribution in [-0.2, 0) is 16.0 Å². The van der Waals surface area contributed by atoms with E-state index in [2.05, 4.69) is 5.32 Å². The Balaban J connectivity index is 2.69. The molecule has 4 nitrogen and oxygen atoms in total. The highest BCUT2D eigenvalue weighted by Crippen LogP contribution is 2.22.